The number of primary amides is 1. The van der Waals surface area contributed by atoms with Crippen LogP contribution in [0.1, 0.15) is 25.8 Å². The van der Waals surface area contributed by atoms with E-state index in [1.54, 1.807) is 6.07 Å². The molecule has 2 amide bonds. The van der Waals surface area contributed by atoms with E-state index in [1.165, 1.54) is 18.2 Å². The van der Waals surface area contributed by atoms with Gasteiger partial charge < -0.3 is 16.2 Å². The number of carbonyl (C=O) groups is 2. The van der Waals surface area contributed by atoms with Crippen LogP contribution in [0, 0.1) is 16.0 Å². The Labute approximate surface area is 133 Å². The lowest BCUT2D eigenvalue weighted by atomic mass is 10.0. The third-order valence-electron chi connectivity index (χ3n) is 3.27. The number of nitrogens with one attached hydrogen (secondary N) is 1. The summed E-state index contributed by atoms with van der Waals surface area (Å²) < 4.78 is 0. The Bertz CT molecular complexity index is 588. The molecule has 0 heterocycles. The fourth-order valence-electron chi connectivity index (χ4n) is 2.13. The Morgan fingerprint density at radius 2 is 1.96 bits per heavy atom. The molecular weight excluding hydrogens is 302 g/mol. The first kappa shape index (κ1) is 18.6. The maximum Gasteiger partial charge on any atom is 0.272 e. The molecular formula is C15H21N3O5. The highest BCUT2D eigenvalue weighted by molar-refractivity contribution is 5.88. The summed E-state index contributed by atoms with van der Waals surface area (Å²) >= 11 is 0. The number of nitrogens with two attached hydrogens (primary N) is 1. The van der Waals surface area contributed by atoms with E-state index in [2.05, 4.69) is 5.32 Å². The van der Waals surface area contributed by atoms with Crippen LogP contribution in [-0.2, 0) is 16.0 Å². The Morgan fingerprint density at radius 1 is 1.35 bits per heavy atom. The number of benzene rings is 1. The number of hydrogen-bond acceptors (Lipinski definition) is 5. The van der Waals surface area contributed by atoms with Gasteiger partial charge in [-0.25, -0.2) is 0 Å². The first-order valence-electron chi connectivity index (χ1n) is 7.22. The monoisotopic (exact) mass is 323 g/mol. The van der Waals surface area contributed by atoms with Crippen molar-refractivity contribution in [1.82, 2.24) is 5.32 Å². The number of para-hydroxylation sites is 1. The lowest BCUT2D eigenvalue weighted by molar-refractivity contribution is -0.385. The van der Waals surface area contributed by atoms with Crippen molar-refractivity contribution in [3.8, 4) is 0 Å². The van der Waals surface area contributed by atoms with E-state index in [4.69, 9.17) is 5.73 Å². The molecule has 0 aliphatic rings. The van der Waals surface area contributed by atoms with Crippen LogP contribution in [0.25, 0.3) is 0 Å². The average Bonchev–Trinajstić information content (AvgIpc) is 2.45. The van der Waals surface area contributed by atoms with Crippen LogP contribution < -0.4 is 11.1 Å². The highest BCUT2D eigenvalue weighted by Crippen LogP contribution is 2.19. The van der Waals surface area contributed by atoms with Crippen molar-refractivity contribution in [1.29, 1.82) is 0 Å². The zero-order chi connectivity index (χ0) is 17.6. The second-order valence-corrected chi connectivity index (χ2v) is 5.70. The fourth-order valence-corrected chi connectivity index (χ4v) is 2.13. The second kappa shape index (κ2) is 8.23. The molecule has 2 atom stereocenters. The van der Waals surface area contributed by atoms with Gasteiger partial charge in [0.2, 0.25) is 11.8 Å². The number of aliphatic hydroxyl groups is 1. The van der Waals surface area contributed by atoms with E-state index < -0.39 is 28.9 Å². The Balaban J connectivity index is 2.87. The van der Waals surface area contributed by atoms with Crippen molar-refractivity contribution >= 4 is 17.5 Å². The number of carbonyl (C=O) groups excluding carboxylic acids is 2. The molecule has 4 N–H and O–H groups in total. The summed E-state index contributed by atoms with van der Waals surface area (Å²) in [5.41, 5.74) is 5.38. The molecule has 0 fully saturated rings. The van der Waals surface area contributed by atoms with Gasteiger partial charge in [0.1, 0.15) is 12.1 Å². The SMILES string of the molecule is CC(C)C[C@H](O)C(=O)N[C@H](Cc1ccccc1[N+](=O)[O-])C(N)=O. The van der Waals surface area contributed by atoms with E-state index in [9.17, 15) is 24.8 Å². The molecule has 1 rings (SSSR count). The summed E-state index contributed by atoms with van der Waals surface area (Å²) in [5.74, 6) is -1.45. The quantitative estimate of drug-likeness (QED) is 0.473. The van der Waals surface area contributed by atoms with E-state index in [0.29, 0.717) is 0 Å². The number of amides is 2. The normalized spacial score (nSPS) is 13.4. The lowest BCUT2D eigenvalue weighted by Gasteiger charge is -2.19. The van der Waals surface area contributed by atoms with Crippen LogP contribution in [0.4, 0.5) is 5.69 Å². The topological polar surface area (TPSA) is 136 Å². The molecule has 0 spiro atoms. The molecule has 0 saturated heterocycles. The zero-order valence-electron chi connectivity index (χ0n) is 13.1. The first-order chi connectivity index (χ1) is 10.7. The fraction of sp³-hybridized carbons (Fsp3) is 0.467. The third-order valence-corrected chi connectivity index (χ3v) is 3.27. The third kappa shape index (κ3) is 5.67. The maximum absolute atomic E-state index is 11.9. The molecule has 1 aromatic carbocycles. The van der Waals surface area contributed by atoms with Gasteiger partial charge >= 0.3 is 0 Å². The van der Waals surface area contributed by atoms with E-state index in [1.807, 2.05) is 13.8 Å². The molecule has 0 saturated carbocycles. The molecule has 0 aliphatic heterocycles. The number of aliphatic hydroxyl groups excluding tert-OH is 1. The molecule has 23 heavy (non-hydrogen) atoms. The molecule has 0 unspecified atom stereocenters. The van der Waals surface area contributed by atoms with Crippen molar-refractivity contribution in [3.05, 3.63) is 39.9 Å². The van der Waals surface area contributed by atoms with Gasteiger partial charge in [-0.05, 0) is 12.3 Å². The zero-order valence-corrected chi connectivity index (χ0v) is 13.1. The molecule has 0 aromatic heterocycles. The van der Waals surface area contributed by atoms with Gasteiger partial charge in [0.25, 0.3) is 5.69 Å². The summed E-state index contributed by atoms with van der Waals surface area (Å²) in [6.07, 6.45) is -1.14. The van der Waals surface area contributed by atoms with E-state index in [0.717, 1.165) is 0 Å². The van der Waals surface area contributed by atoms with Crippen molar-refractivity contribution in [2.45, 2.75) is 38.8 Å². The number of rotatable bonds is 8. The molecule has 0 bridgehead atoms. The van der Waals surface area contributed by atoms with Crippen LogP contribution >= 0.6 is 0 Å². The minimum absolute atomic E-state index is 0.0954. The van der Waals surface area contributed by atoms with Crippen molar-refractivity contribution in [2.24, 2.45) is 11.7 Å². The van der Waals surface area contributed by atoms with Crippen molar-refractivity contribution in [3.63, 3.8) is 0 Å². The maximum atomic E-state index is 11.9. The highest BCUT2D eigenvalue weighted by atomic mass is 16.6. The van der Waals surface area contributed by atoms with Crippen LogP contribution in [0.15, 0.2) is 24.3 Å². The summed E-state index contributed by atoms with van der Waals surface area (Å²) in [4.78, 5) is 33.8. The number of nitrogens with zero attached hydrogens (tertiary/aromatic N) is 1. The van der Waals surface area contributed by atoms with Gasteiger partial charge in [0.05, 0.1) is 4.92 Å². The second-order valence-electron chi connectivity index (χ2n) is 5.70. The molecule has 1 aromatic rings. The Kier molecular flexibility index (Phi) is 6.65. The van der Waals surface area contributed by atoms with Crippen LogP contribution in [0.3, 0.4) is 0 Å². The van der Waals surface area contributed by atoms with Crippen LogP contribution in [-0.4, -0.2) is 34.0 Å². The minimum Gasteiger partial charge on any atom is -0.383 e. The summed E-state index contributed by atoms with van der Waals surface area (Å²) in [6.45, 7) is 3.69. The van der Waals surface area contributed by atoms with Gasteiger partial charge in [-0.1, -0.05) is 32.0 Å². The van der Waals surface area contributed by atoms with Crippen molar-refractivity contribution in [2.75, 3.05) is 0 Å². The molecule has 8 heteroatoms. The summed E-state index contributed by atoms with van der Waals surface area (Å²) in [5, 5.41) is 23.1. The molecule has 126 valence electrons. The lowest BCUT2D eigenvalue weighted by Crippen LogP contribution is -2.49. The molecule has 0 radical (unpaired) electrons. The number of hydrogen-bond donors (Lipinski definition) is 3. The van der Waals surface area contributed by atoms with Crippen molar-refractivity contribution < 1.29 is 19.6 Å². The molecule has 0 aliphatic carbocycles. The first-order valence-corrected chi connectivity index (χ1v) is 7.22. The number of nitro benzene ring substituents is 1. The largest absolute Gasteiger partial charge is 0.383 e. The molecule has 8 nitrogen and oxygen atoms in total. The highest BCUT2D eigenvalue weighted by Gasteiger charge is 2.26. The van der Waals surface area contributed by atoms with E-state index >= 15 is 0 Å². The Morgan fingerprint density at radius 3 is 2.48 bits per heavy atom. The summed E-state index contributed by atoms with van der Waals surface area (Å²) in [6, 6.07) is 4.76. The Hall–Kier alpha value is -2.48. The minimum atomic E-state index is -1.26. The predicted octanol–water partition coefficient (Wildman–Crippen LogP) is 0.514. The van der Waals surface area contributed by atoms with Gasteiger partial charge in [-0.3, -0.25) is 19.7 Å². The van der Waals surface area contributed by atoms with Gasteiger partial charge in [-0.2, -0.15) is 0 Å². The standard InChI is InChI=1S/C15H21N3O5/c1-9(2)7-13(19)15(21)17-11(14(16)20)8-10-5-3-4-6-12(10)18(22)23/h3-6,9,11,13,19H,7-8H2,1-2H3,(H2,16,20)(H,17,21)/t11-,13+/m1/s1. The van der Waals surface area contributed by atoms with Gasteiger partial charge in [0.15, 0.2) is 0 Å². The van der Waals surface area contributed by atoms with Gasteiger partial charge in [0, 0.05) is 18.1 Å². The summed E-state index contributed by atoms with van der Waals surface area (Å²) in [7, 11) is 0. The van der Waals surface area contributed by atoms with Crippen LogP contribution in [0.5, 0.6) is 0 Å². The van der Waals surface area contributed by atoms with E-state index in [-0.39, 0.29) is 30.0 Å². The number of nitro groups is 1. The van der Waals surface area contributed by atoms with Crippen LogP contribution in [0.2, 0.25) is 0 Å². The van der Waals surface area contributed by atoms with Gasteiger partial charge in [-0.15, -0.1) is 0 Å². The predicted molar refractivity (Wildman–Crippen MR) is 83.4 cm³/mol. The average molecular weight is 323 g/mol. The smallest absolute Gasteiger partial charge is 0.272 e.